The van der Waals surface area contributed by atoms with Gasteiger partial charge in [-0.15, -0.1) is 11.8 Å². The van der Waals surface area contributed by atoms with Crippen LogP contribution in [0, 0.1) is 16.2 Å². The van der Waals surface area contributed by atoms with Gasteiger partial charge in [0.1, 0.15) is 6.20 Å². The van der Waals surface area contributed by atoms with Crippen molar-refractivity contribution in [3.05, 3.63) is 18.2 Å². The van der Waals surface area contributed by atoms with E-state index in [9.17, 15) is 14.7 Å². The van der Waals surface area contributed by atoms with Crippen molar-refractivity contribution in [2.75, 3.05) is 11.1 Å². The second-order valence-corrected chi connectivity index (χ2v) is 11.3. The number of hydrogen-bond acceptors (Lipinski definition) is 6. The van der Waals surface area contributed by atoms with E-state index in [2.05, 4.69) is 36.4 Å². The maximum absolute atomic E-state index is 12.6. The molecule has 1 aromatic rings. The molecular formula is C19H30N3O4S2+. The molecule has 2 rings (SSSR count). The van der Waals surface area contributed by atoms with Crippen LogP contribution < -0.4 is 10.6 Å². The summed E-state index contributed by atoms with van der Waals surface area (Å²) in [6.07, 6.45) is 3.78. The molecule has 0 aliphatic carbocycles. The molecule has 7 nitrogen and oxygen atoms in total. The van der Waals surface area contributed by atoms with Gasteiger partial charge in [0.05, 0.1) is 27.0 Å². The van der Waals surface area contributed by atoms with Crippen LogP contribution in [-0.4, -0.2) is 33.9 Å². The van der Waals surface area contributed by atoms with E-state index in [4.69, 9.17) is 4.74 Å². The first-order chi connectivity index (χ1) is 12.7. The van der Waals surface area contributed by atoms with E-state index in [0.29, 0.717) is 5.13 Å². The Balaban J connectivity index is 1.91. The van der Waals surface area contributed by atoms with Crippen LogP contribution in [0.5, 0.6) is 0 Å². The molecule has 9 heteroatoms. The Labute approximate surface area is 174 Å². The summed E-state index contributed by atoms with van der Waals surface area (Å²) >= 11 is 2.99. The molecule has 156 valence electrons. The van der Waals surface area contributed by atoms with Crippen molar-refractivity contribution in [2.45, 2.75) is 58.9 Å². The molecule has 1 amide bonds. The van der Waals surface area contributed by atoms with E-state index >= 15 is 0 Å². The summed E-state index contributed by atoms with van der Waals surface area (Å²) in [4.78, 5) is 28.4. The third kappa shape index (κ3) is 4.87. The first-order valence-corrected chi connectivity index (χ1v) is 10.9. The number of anilines is 1. The molecule has 1 aliphatic rings. The van der Waals surface area contributed by atoms with Gasteiger partial charge >= 0.3 is 5.97 Å². The Bertz CT molecular complexity index is 778. The van der Waals surface area contributed by atoms with Crippen LogP contribution in [0.1, 0.15) is 48.5 Å². The zero-order chi connectivity index (χ0) is 21.3. The van der Waals surface area contributed by atoms with Gasteiger partial charge in [-0.1, -0.05) is 32.1 Å². The predicted octanol–water partition coefficient (Wildman–Crippen LogP) is 3.12. The number of nitrogens with zero attached hydrogens (tertiary/aromatic N) is 1. The van der Waals surface area contributed by atoms with E-state index in [-0.39, 0.29) is 17.6 Å². The number of amides is 1. The molecule has 0 radical (unpaired) electrons. The van der Waals surface area contributed by atoms with Gasteiger partial charge in [0.15, 0.2) is 10.9 Å². The number of nitrogens with one attached hydrogen (secondary N) is 1. The van der Waals surface area contributed by atoms with Crippen LogP contribution >= 0.6 is 23.1 Å². The molecule has 1 atom stereocenters. The Hall–Kier alpha value is -1.58. The minimum atomic E-state index is -1.21. The number of quaternary nitrogens is 1. The van der Waals surface area contributed by atoms with Crippen molar-refractivity contribution in [3.63, 3.8) is 0 Å². The summed E-state index contributed by atoms with van der Waals surface area (Å²) in [5.41, 5.74) is -2.31. The first-order valence-electron chi connectivity index (χ1n) is 9.11. The number of thioether (sulfide) groups is 1. The van der Waals surface area contributed by atoms with Gasteiger partial charge in [0.2, 0.25) is 12.1 Å². The lowest BCUT2D eigenvalue weighted by Gasteiger charge is -2.36. The van der Waals surface area contributed by atoms with E-state index in [0.717, 1.165) is 15.7 Å². The van der Waals surface area contributed by atoms with Gasteiger partial charge in [0.25, 0.3) is 0 Å². The number of carboxylic acid groups (broad SMARTS) is 1. The number of carbonyl (C=O) groups excluding carboxylic acids is 1. The molecule has 1 unspecified atom stereocenters. The fourth-order valence-electron chi connectivity index (χ4n) is 2.31. The SMILES string of the molecule is CC(C)(C)C1=C[NH2+]C(CSc2cnc(NC(=O)C(C)(C)C(C)(C)C(=O)O)s2)O1. The third-order valence-electron chi connectivity index (χ3n) is 5.24. The summed E-state index contributed by atoms with van der Waals surface area (Å²) in [5, 5.41) is 14.7. The molecule has 0 saturated carbocycles. The Morgan fingerprint density at radius 3 is 2.43 bits per heavy atom. The topological polar surface area (TPSA) is 105 Å². The van der Waals surface area contributed by atoms with Crippen LogP contribution in [0.3, 0.4) is 0 Å². The maximum Gasteiger partial charge on any atom is 0.310 e. The zero-order valence-corrected chi connectivity index (χ0v) is 19.1. The molecule has 0 aromatic carbocycles. The number of allylic oxidation sites excluding steroid dienone is 1. The highest BCUT2D eigenvalue weighted by Gasteiger charge is 2.48. The van der Waals surface area contributed by atoms with Crippen LogP contribution in [-0.2, 0) is 14.3 Å². The number of ether oxygens (including phenoxy) is 1. The fourth-order valence-corrected chi connectivity index (χ4v) is 4.16. The van der Waals surface area contributed by atoms with E-state index in [1.807, 2.05) is 6.20 Å². The number of nitrogens with two attached hydrogens (primary N) is 1. The molecule has 0 spiro atoms. The number of carbonyl (C=O) groups is 2. The van der Waals surface area contributed by atoms with E-state index < -0.39 is 16.8 Å². The van der Waals surface area contributed by atoms with Crippen molar-refractivity contribution in [1.29, 1.82) is 0 Å². The molecular weight excluding hydrogens is 398 g/mol. The molecule has 0 saturated heterocycles. The predicted molar refractivity (Wildman–Crippen MR) is 111 cm³/mol. The largest absolute Gasteiger partial charge is 0.481 e. The highest BCUT2D eigenvalue weighted by Crippen LogP contribution is 2.40. The average Bonchev–Trinajstić information content (AvgIpc) is 3.21. The van der Waals surface area contributed by atoms with Gasteiger partial charge < -0.3 is 15.2 Å². The number of rotatable bonds is 7. The van der Waals surface area contributed by atoms with E-state index in [1.165, 1.54) is 11.3 Å². The van der Waals surface area contributed by atoms with Crippen LogP contribution in [0.4, 0.5) is 5.13 Å². The molecule has 1 aliphatic heterocycles. The zero-order valence-electron chi connectivity index (χ0n) is 17.5. The lowest BCUT2D eigenvalue weighted by molar-refractivity contribution is -0.643. The van der Waals surface area contributed by atoms with Crippen LogP contribution in [0.25, 0.3) is 0 Å². The average molecular weight is 429 g/mol. The standard InChI is InChI=1S/C19H29N3O4S2/c1-17(2,3)11-8-20-12(26-11)10-27-13-9-21-16(28-13)22-14(23)18(4,5)19(6,7)15(24)25/h8-9,12,20H,10H2,1-7H3,(H,24,25)(H,21,22,23)/p+1. The Morgan fingerprint density at radius 1 is 1.25 bits per heavy atom. The normalized spacial score (nSPS) is 17.8. The minimum Gasteiger partial charge on any atom is -0.481 e. The molecule has 2 heterocycles. The monoisotopic (exact) mass is 428 g/mol. The summed E-state index contributed by atoms with van der Waals surface area (Å²) < 4.78 is 6.93. The quantitative estimate of drug-likeness (QED) is 0.576. The van der Waals surface area contributed by atoms with Crippen molar-refractivity contribution < 1.29 is 24.7 Å². The first kappa shape index (κ1) is 22.7. The molecule has 28 heavy (non-hydrogen) atoms. The molecule has 4 N–H and O–H groups in total. The van der Waals surface area contributed by atoms with E-state index in [1.54, 1.807) is 45.7 Å². The van der Waals surface area contributed by atoms with Crippen molar-refractivity contribution in [1.82, 2.24) is 4.98 Å². The maximum atomic E-state index is 12.6. The molecule has 0 fully saturated rings. The Kier molecular flexibility index (Phi) is 6.52. The van der Waals surface area contributed by atoms with Crippen molar-refractivity contribution in [3.8, 4) is 0 Å². The lowest BCUT2D eigenvalue weighted by Crippen LogP contribution is -2.83. The summed E-state index contributed by atoms with van der Waals surface area (Å²) in [7, 11) is 0. The third-order valence-corrected chi connectivity index (χ3v) is 7.44. The molecule has 1 aromatic heterocycles. The van der Waals surface area contributed by atoms with Gasteiger partial charge in [-0.2, -0.15) is 0 Å². The number of thiazole rings is 1. The van der Waals surface area contributed by atoms with Crippen molar-refractivity contribution in [2.24, 2.45) is 16.2 Å². The van der Waals surface area contributed by atoms with Gasteiger partial charge in [0, 0.05) is 5.41 Å². The van der Waals surface area contributed by atoms with Crippen LogP contribution in [0.2, 0.25) is 0 Å². The number of hydrogen-bond donors (Lipinski definition) is 3. The second-order valence-electron chi connectivity index (χ2n) is 8.93. The van der Waals surface area contributed by atoms with Gasteiger partial charge in [-0.3, -0.25) is 14.9 Å². The molecule has 0 bridgehead atoms. The fraction of sp³-hybridized carbons (Fsp3) is 0.632. The summed E-state index contributed by atoms with van der Waals surface area (Å²) in [6.45, 7) is 12.7. The van der Waals surface area contributed by atoms with Crippen LogP contribution in [0.15, 0.2) is 22.4 Å². The summed E-state index contributed by atoms with van der Waals surface area (Å²) in [6, 6.07) is 0. The van der Waals surface area contributed by atoms with Crippen molar-refractivity contribution >= 4 is 40.1 Å². The van der Waals surface area contributed by atoms with Gasteiger partial charge in [-0.05, 0) is 27.7 Å². The number of aliphatic carboxylic acids is 1. The highest BCUT2D eigenvalue weighted by atomic mass is 32.2. The minimum absolute atomic E-state index is 0.00557. The number of aromatic nitrogens is 1. The summed E-state index contributed by atoms with van der Waals surface area (Å²) in [5.74, 6) is 0.360. The lowest BCUT2D eigenvalue weighted by atomic mass is 9.67. The second kappa shape index (κ2) is 8.04. The smallest absolute Gasteiger partial charge is 0.310 e. The Morgan fingerprint density at radius 2 is 1.89 bits per heavy atom. The highest BCUT2D eigenvalue weighted by molar-refractivity contribution is 8.01. The van der Waals surface area contributed by atoms with Gasteiger partial charge in [-0.25, -0.2) is 4.98 Å². The number of carboxylic acids is 1.